The average Bonchev–Trinajstić information content (AvgIpc) is 2.42. The minimum atomic E-state index is 0.205. The lowest BCUT2D eigenvalue weighted by molar-refractivity contribution is 0.0878. The lowest BCUT2D eigenvalue weighted by Gasteiger charge is -2.15. The van der Waals surface area contributed by atoms with Crippen LogP contribution in [-0.2, 0) is 11.2 Å². The number of aliphatic hydroxyl groups excluding tert-OH is 1. The summed E-state index contributed by atoms with van der Waals surface area (Å²) in [5.41, 5.74) is 1.23. The second-order valence-corrected chi connectivity index (χ2v) is 5.36. The van der Waals surface area contributed by atoms with Crippen LogP contribution in [0.25, 0.3) is 0 Å². The number of benzene rings is 1. The zero-order valence-electron chi connectivity index (χ0n) is 12.3. The van der Waals surface area contributed by atoms with Gasteiger partial charge in [0.15, 0.2) is 0 Å². The van der Waals surface area contributed by atoms with E-state index in [0.29, 0.717) is 5.92 Å². The molecule has 19 heavy (non-hydrogen) atoms. The molecule has 0 radical (unpaired) electrons. The summed E-state index contributed by atoms with van der Waals surface area (Å²) in [6.07, 6.45) is 1.78. The highest BCUT2D eigenvalue weighted by Crippen LogP contribution is 2.16. The van der Waals surface area contributed by atoms with E-state index in [1.807, 2.05) is 12.1 Å². The van der Waals surface area contributed by atoms with Crippen molar-refractivity contribution in [3.05, 3.63) is 29.8 Å². The van der Waals surface area contributed by atoms with Crippen molar-refractivity contribution in [3.8, 4) is 5.75 Å². The van der Waals surface area contributed by atoms with Gasteiger partial charge in [0.05, 0.1) is 7.11 Å². The Morgan fingerprint density at radius 2 is 1.84 bits per heavy atom. The van der Waals surface area contributed by atoms with Gasteiger partial charge in [0.2, 0.25) is 0 Å². The van der Waals surface area contributed by atoms with E-state index in [4.69, 9.17) is 9.47 Å². The Labute approximate surface area is 116 Å². The molecular formula is C16H26O3. The fourth-order valence-electron chi connectivity index (χ4n) is 1.92. The number of ether oxygens (including phenoxy) is 2. The topological polar surface area (TPSA) is 38.7 Å². The molecule has 0 aliphatic heterocycles. The molecule has 1 aromatic rings. The van der Waals surface area contributed by atoms with E-state index >= 15 is 0 Å². The first-order chi connectivity index (χ1) is 9.15. The van der Waals surface area contributed by atoms with Crippen molar-refractivity contribution >= 4 is 0 Å². The molecule has 0 fully saturated rings. The van der Waals surface area contributed by atoms with Gasteiger partial charge in [0, 0.05) is 19.8 Å². The van der Waals surface area contributed by atoms with Gasteiger partial charge in [-0.05, 0) is 42.4 Å². The first kappa shape index (κ1) is 16.0. The molecule has 3 nitrogen and oxygen atoms in total. The van der Waals surface area contributed by atoms with E-state index in [9.17, 15) is 5.11 Å². The van der Waals surface area contributed by atoms with Gasteiger partial charge < -0.3 is 14.6 Å². The Morgan fingerprint density at radius 3 is 2.37 bits per heavy atom. The molecule has 1 unspecified atom stereocenters. The highest BCUT2D eigenvalue weighted by molar-refractivity contribution is 5.27. The lowest BCUT2D eigenvalue weighted by atomic mass is 9.97. The molecule has 0 saturated heterocycles. The van der Waals surface area contributed by atoms with Crippen LogP contribution in [0.2, 0.25) is 0 Å². The van der Waals surface area contributed by atoms with Crippen molar-refractivity contribution in [2.24, 2.45) is 11.8 Å². The lowest BCUT2D eigenvalue weighted by Crippen LogP contribution is -2.14. The molecule has 108 valence electrons. The van der Waals surface area contributed by atoms with Crippen molar-refractivity contribution in [1.82, 2.24) is 0 Å². The number of aliphatic hydroxyl groups is 1. The molecule has 1 aromatic carbocycles. The summed E-state index contributed by atoms with van der Waals surface area (Å²) in [5, 5.41) is 9.42. The molecular weight excluding hydrogens is 240 g/mol. The maximum absolute atomic E-state index is 9.42. The quantitative estimate of drug-likeness (QED) is 0.698. The molecule has 0 aliphatic carbocycles. The number of hydrogen-bond donors (Lipinski definition) is 1. The van der Waals surface area contributed by atoms with Crippen LogP contribution in [-0.4, -0.2) is 32.0 Å². The molecule has 0 spiro atoms. The summed E-state index contributed by atoms with van der Waals surface area (Å²) in [5.74, 6) is 1.69. The Balaban J connectivity index is 2.34. The van der Waals surface area contributed by atoms with Crippen LogP contribution >= 0.6 is 0 Å². The predicted octanol–water partition coefficient (Wildman–Crippen LogP) is 2.91. The number of methoxy groups -OCH3 is 1. The Bertz CT molecular complexity index is 332. The second-order valence-electron chi connectivity index (χ2n) is 5.36. The molecule has 1 atom stereocenters. The maximum atomic E-state index is 9.42. The molecule has 0 aliphatic rings. The van der Waals surface area contributed by atoms with E-state index in [-0.39, 0.29) is 12.5 Å². The molecule has 1 rings (SSSR count). The first-order valence-electron chi connectivity index (χ1n) is 6.97. The van der Waals surface area contributed by atoms with Crippen molar-refractivity contribution < 1.29 is 14.6 Å². The third kappa shape index (κ3) is 6.60. The number of rotatable bonds is 9. The van der Waals surface area contributed by atoms with E-state index in [1.165, 1.54) is 5.56 Å². The number of hydrogen-bond acceptors (Lipinski definition) is 3. The van der Waals surface area contributed by atoms with E-state index in [2.05, 4.69) is 26.0 Å². The summed E-state index contributed by atoms with van der Waals surface area (Å²) >= 11 is 0. The van der Waals surface area contributed by atoms with Gasteiger partial charge in [0.1, 0.15) is 5.75 Å². The van der Waals surface area contributed by atoms with Crippen molar-refractivity contribution in [3.63, 3.8) is 0 Å². The SMILES string of the molecule is COc1ccc(CC(CO)CCOCC(C)C)cc1. The second kappa shape index (κ2) is 8.94. The van der Waals surface area contributed by atoms with Crippen LogP contribution in [0.4, 0.5) is 0 Å². The highest BCUT2D eigenvalue weighted by atomic mass is 16.5. The monoisotopic (exact) mass is 266 g/mol. The Morgan fingerprint density at radius 1 is 1.16 bits per heavy atom. The molecule has 0 saturated carbocycles. The first-order valence-corrected chi connectivity index (χ1v) is 6.97. The average molecular weight is 266 g/mol. The third-order valence-corrected chi connectivity index (χ3v) is 3.06. The van der Waals surface area contributed by atoms with E-state index < -0.39 is 0 Å². The Kier molecular flexibility index (Phi) is 7.53. The normalized spacial score (nSPS) is 12.7. The van der Waals surface area contributed by atoms with Gasteiger partial charge in [0.25, 0.3) is 0 Å². The molecule has 1 N–H and O–H groups in total. The van der Waals surface area contributed by atoms with Crippen LogP contribution < -0.4 is 4.74 Å². The van der Waals surface area contributed by atoms with E-state index in [0.717, 1.165) is 31.8 Å². The summed E-state index contributed by atoms with van der Waals surface area (Å²) in [6.45, 7) is 6.00. The van der Waals surface area contributed by atoms with Crippen molar-refractivity contribution in [2.75, 3.05) is 26.9 Å². The highest BCUT2D eigenvalue weighted by Gasteiger charge is 2.09. The fraction of sp³-hybridized carbons (Fsp3) is 0.625. The van der Waals surface area contributed by atoms with Crippen LogP contribution in [0.5, 0.6) is 5.75 Å². The largest absolute Gasteiger partial charge is 0.497 e. The minimum absolute atomic E-state index is 0.205. The summed E-state index contributed by atoms with van der Waals surface area (Å²) in [7, 11) is 1.66. The van der Waals surface area contributed by atoms with Crippen LogP contribution in [0.3, 0.4) is 0 Å². The molecule has 0 bridgehead atoms. The van der Waals surface area contributed by atoms with Gasteiger partial charge in [-0.25, -0.2) is 0 Å². The molecule has 3 heteroatoms. The van der Waals surface area contributed by atoms with Crippen molar-refractivity contribution in [2.45, 2.75) is 26.7 Å². The van der Waals surface area contributed by atoms with Gasteiger partial charge in [-0.15, -0.1) is 0 Å². The Hall–Kier alpha value is -1.06. The third-order valence-electron chi connectivity index (χ3n) is 3.06. The van der Waals surface area contributed by atoms with Crippen LogP contribution in [0.15, 0.2) is 24.3 Å². The maximum Gasteiger partial charge on any atom is 0.118 e. The van der Waals surface area contributed by atoms with Crippen molar-refractivity contribution in [1.29, 1.82) is 0 Å². The van der Waals surface area contributed by atoms with Gasteiger partial charge in [-0.3, -0.25) is 0 Å². The van der Waals surface area contributed by atoms with Crippen LogP contribution in [0.1, 0.15) is 25.8 Å². The van der Waals surface area contributed by atoms with Gasteiger partial charge in [-0.1, -0.05) is 26.0 Å². The molecule has 0 amide bonds. The smallest absolute Gasteiger partial charge is 0.118 e. The van der Waals surface area contributed by atoms with E-state index in [1.54, 1.807) is 7.11 Å². The fourth-order valence-corrected chi connectivity index (χ4v) is 1.92. The predicted molar refractivity (Wildman–Crippen MR) is 77.5 cm³/mol. The summed E-state index contributed by atoms with van der Waals surface area (Å²) in [4.78, 5) is 0. The van der Waals surface area contributed by atoms with Gasteiger partial charge in [-0.2, -0.15) is 0 Å². The zero-order valence-corrected chi connectivity index (χ0v) is 12.3. The van der Waals surface area contributed by atoms with Gasteiger partial charge >= 0.3 is 0 Å². The standard InChI is InChI=1S/C16H26O3/c1-13(2)12-19-9-8-15(11-17)10-14-4-6-16(18-3)7-5-14/h4-7,13,15,17H,8-12H2,1-3H3. The van der Waals surface area contributed by atoms with Crippen LogP contribution in [0, 0.1) is 11.8 Å². The zero-order chi connectivity index (χ0) is 14.1. The summed E-state index contributed by atoms with van der Waals surface area (Å²) in [6, 6.07) is 8.02. The molecule has 0 heterocycles. The summed E-state index contributed by atoms with van der Waals surface area (Å²) < 4.78 is 10.7. The molecule has 0 aromatic heterocycles. The minimum Gasteiger partial charge on any atom is -0.497 e.